The van der Waals surface area contributed by atoms with Crippen LogP contribution in [0.2, 0.25) is 0 Å². The summed E-state index contributed by atoms with van der Waals surface area (Å²) in [6.07, 6.45) is 3.56. The topological polar surface area (TPSA) is 78.9 Å². The van der Waals surface area contributed by atoms with Gasteiger partial charge in [-0.15, -0.1) is 0 Å². The third-order valence-electron chi connectivity index (χ3n) is 4.10. The Balaban J connectivity index is 2.17. The highest BCUT2D eigenvalue weighted by atomic mass is 16.2. The lowest BCUT2D eigenvalue weighted by molar-refractivity contribution is -0.122. The molecule has 20 heavy (non-hydrogen) atoms. The van der Waals surface area contributed by atoms with Gasteiger partial charge in [0, 0.05) is 5.69 Å². The first kappa shape index (κ1) is 14.5. The second-order valence-corrected chi connectivity index (χ2v) is 5.95. The van der Waals surface area contributed by atoms with Gasteiger partial charge in [-0.3, -0.25) is 4.79 Å². The summed E-state index contributed by atoms with van der Waals surface area (Å²) in [4.78, 5) is 12.5. The molecule has 106 valence electrons. The Bertz CT molecular complexity index is 561. The predicted octanol–water partition coefficient (Wildman–Crippen LogP) is 2.71. The van der Waals surface area contributed by atoms with E-state index >= 15 is 0 Å². The first-order valence-electron chi connectivity index (χ1n) is 7.06. The van der Waals surface area contributed by atoms with E-state index in [0.717, 1.165) is 31.2 Å². The van der Waals surface area contributed by atoms with Crippen molar-refractivity contribution in [1.82, 2.24) is 0 Å². The van der Waals surface area contributed by atoms with Crippen LogP contribution in [-0.4, -0.2) is 11.4 Å². The Labute approximate surface area is 120 Å². The number of benzene rings is 1. The lowest BCUT2D eigenvalue weighted by Crippen LogP contribution is -2.53. The van der Waals surface area contributed by atoms with Gasteiger partial charge in [-0.2, -0.15) is 5.26 Å². The van der Waals surface area contributed by atoms with Crippen molar-refractivity contribution in [1.29, 1.82) is 5.26 Å². The molecule has 4 nitrogen and oxygen atoms in total. The van der Waals surface area contributed by atoms with E-state index in [2.05, 4.69) is 18.3 Å². The Morgan fingerprint density at radius 1 is 1.55 bits per heavy atom. The van der Waals surface area contributed by atoms with Crippen LogP contribution in [-0.2, 0) is 4.79 Å². The van der Waals surface area contributed by atoms with Gasteiger partial charge in [0.2, 0.25) is 5.91 Å². The molecule has 1 aliphatic carbocycles. The van der Waals surface area contributed by atoms with E-state index in [1.54, 1.807) is 12.1 Å². The summed E-state index contributed by atoms with van der Waals surface area (Å²) in [5, 5.41) is 11.8. The first-order valence-corrected chi connectivity index (χ1v) is 7.06. The van der Waals surface area contributed by atoms with Crippen LogP contribution in [0.25, 0.3) is 0 Å². The molecule has 0 bridgehead atoms. The number of aryl methyl sites for hydroxylation is 1. The molecule has 1 fully saturated rings. The number of amides is 1. The van der Waals surface area contributed by atoms with E-state index in [1.807, 2.05) is 13.0 Å². The molecule has 3 N–H and O–H groups in total. The van der Waals surface area contributed by atoms with Crippen LogP contribution >= 0.6 is 0 Å². The number of nitrogens with two attached hydrogens (primary N) is 1. The van der Waals surface area contributed by atoms with Gasteiger partial charge in [0.25, 0.3) is 0 Å². The van der Waals surface area contributed by atoms with E-state index in [-0.39, 0.29) is 5.91 Å². The third kappa shape index (κ3) is 3.00. The fraction of sp³-hybridized carbons (Fsp3) is 0.500. The minimum atomic E-state index is -0.785. The van der Waals surface area contributed by atoms with E-state index in [4.69, 9.17) is 11.0 Å². The van der Waals surface area contributed by atoms with Crippen LogP contribution < -0.4 is 11.1 Å². The summed E-state index contributed by atoms with van der Waals surface area (Å²) >= 11 is 0. The zero-order valence-electron chi connectivity index (χ0n) is 12.1. The molecule has 0 radical (unpaired) electrons. The first-order chi connectivity index (χ1) is 9.44. The molecule has 1 aliphatic rings. The lowest BCUT2D eigenvalue weighted by atomic mass is 9.76. The molecule has 0 aromatic heterocycles. The number of nitrogens with zero attached hydrogens (tertiary/aromatic N) is 1. The van der Waals surface area contributed by atoms with Crippen molar-refractivity contribution in [2.24, 2.45) is 11.7 Å². The Kier molecular flexibility index (Phi) is 4.10. The van der Waals surface area contributed by atoms with Gasteiger partial charge < -0.3 is 11.1 Å². The fourth-order valence-corrected chi connectivity index (χ4v) is 2.87. The molecule has 0 aliphatic heterocycles. The quantitative estimate of drug-likeness (QED) is 0.868. The van der Waals surface area contributed by atoms with E-state index < -0.39 is 5.54 Å². The summed E-state index contributed by atoms with van der Waals surface area (Å²) in [6, 6.07) is 7.35. The molecule has 2 unspecified atom stereocenters. The molecule has 1 saturated carbocycles. The van der Waals surface area contributed by atoms with Gasteiger partial charge in [0.05, 0.1) is 17.2 Å². The molecule has 0 saturated heterocycles. The molecular weight excluding hydrogens is 250 g/mol. The Hall–Kier alpha value is -1.86. The van der Waals surface area contributed by atoms with Crippen LogP contribution in [0.1, 0.15) is 43.7 Å². The molecule has 2 rings (SSSR count). The molecule has 1 aromatic carbocycles. The summed E-state index contributed by atoms with van der Waals surface area (Å²) in [6.45, 7) is 4.04. The number of hydrogen-bond donors (Lipinski definition) is 2. The second kappa shape index (κ2) is 5.64. The van der Waals surface area contributed by atoms with Gasteiger partial charge in [0.15, 0.2) is 0 Å². The van der Waals surface area contributed by atoms with Crippen molar-refractivity contribution in [3.8, 4) is 6.07 Å². The van der Waals surface area contributed by atoms with Crippen molar-refractivity contribution in [2.75, 3.05) is 5.32 Å². The smallest absolute Gasteiger partial charge is 0.244 e. The van der Waals surface area contributed by atoms with Crippen LogP contribution in [0.5, 0.6) is 0 Å². The van der Waals surface area contributed by atoms with E-state index in [9.17, 15) is 4.79 Å². The van der Waals surface area contributed by atoms with Crippen LogP contribution in [0, 0.1) is 24.2 Å². The highest BCUT2D eigenvalue weighted by Crippen LogP contribution is 2.31. The minimum Gasteiger partial charge on any atom is -0.324 e. The summed E-state index contributed by atoms with van der Waals surface area (Å²) < 4.78 is 0. The standard InChI is InChI=1S/C16H21N3O/c1-11-4-3-7-16(18,9-11)15(20)19-14-8-13(10-17)6-5-12(14)2/h5-6,8,11H,3-4,7,9,18H2,1-2H3,(H,19,20). The molecular formula is C16H21N3O. The van der Waals surface area contributed by atoms with Crippen LogP contribution in [0.15, 0.2) is 18.2 Å². The van der Waals surface area contributed by atoms with Gasteiger partial charge >= 0.3 is 0 Å². The maximum atomic E-state index is 12.5. The van der Waals surface area contributed by atoms with Gasteiger partial charge in [-0.1, -0.05) is 25.8 Å². The van der Waals surface area contributed by atoms with Gasteiger partial charge in [-0.25, -0.2) is 0 Å². The number of hydrogen-bond acceptors (Lipinski definition) is 3. The zero-order chi connectivity index (χ0) is 14.8. The number of nitrogens with one attached hydrogen (secondary N) is 1. The maximum Gasteiger partial charge on any atom is 0.244 e. The molecule has 2 atom stereocenters. The number of carbonyl (C=O) groups excluding carboxylic acids is 1. The van der Waals surface area contributed by atoms with Crippen molar-refractivity contribution in [3.63, 3.8) is 0 Å². The Morgan fingerprint density at radius 3 is 2.95 bits per heavy atom. The SMILES string of the molecule is Cc1ccc(C#N)cc1NC(=O)C1(N)CCCC(C)C1. The second-order valence-electron chi connectivity index (χ2n) is 5.95. The summed E-state index contributed by atoms with van der Waals surface area (Å²) in [7, 11) is 0. The summed E-state index contributed by atoms with van der Waals surface area (Å²) in [5.74, 6) is 0.341. The average Bonchev–Trinajstić information content (AvgIpc) is 2.41. The Morgan fingerprint density at radius 2 is 2.30 bits per heavy atom. The lowest BCUT2D eigenvalue weighted by Gasteiger charge is -2.35. The normalized spacial score (nSPS) is 25.8. The van der Waals surface area contributed by atoms with E-state index in [1.165, 1.54) is 0 Å². The minimum absolute atomic E-state index is 0.137. The van der Waals surface area contributed by atoms with Gasteiger partial charge in [-0.05, 0) is 43.4 Å². The van der Waals surface area contributed by atoms with Crippen molar-refractivity contribution < 1.29 is 4.79 Å². The summed E-state index contributed by atoms with van der Waals surface area (Å²) in [5.41, 5.74) is 7.65. The predicted molar refractivity (Wildman–Crippen MR) is 79.1 cm³/mol. The highest BCUT2D eigenvalue weighted by Gasteiger charge is 2.38. The number of carbonyl (C=O) groups is 1. The van der Waals surface area contributed by atoms with Crippen molar-refractivity contribution in [2.45, 2.75) is 45.1 Å². The number of rotatable bonds is 2. The maximum absolute atomic E-state index is 12.5. The monoisotopic (exact) mass is 271 g/mol. The average molecular weight is 271 g/mol. The largest absolute Gasteiger partial charge is 0.324 e. The molecule has 1 aromatic rings. The third-order valence-corrected chi connectivity index (χ3v) is 4.10. The molecule has 0 heterocycles. The molecule has 4 heteroatoms. The fourth-order valence-electron chi connectivity index (χ4n) is 2.87. The van der Waals surface area contributed by atoms with Crippen molar-refractivity contribution in [3.05, 3.63) is 29.3 Å². The molecule has 1 amide bonds. The van der Waals surface area contributed by atoms with Crippen molar-refractivity contribution >= 4 is 11.6 Å². The van der Waals surface area contributed by atoms with Crippen LogP contribution in [0.4, 0.5) is 5.69 Å². The van der Waals surface area contributed by atoms with Gasteiger partial charge in [0.1, 0.15) is 0 Å². The highest BCUT2D eigenvalue weighted by molar-refractivity contribution is 5.98. The van der Waals surface area contributed by atoms with E-state index in [0.29, 0.717) is 17.2 Å². The number of anilines is 1. The molecule has 0 spiro atoms. The zero-order valence-corrected chi connectivity index (χ0v) is 12.1. The van der Waals surface area contributed by atoms with Crippen LogP contribution in [0.3, 0.4) is 0 Å². The number of nitriles is 1.